The highest BCUT2D eigenvalue weighted by Crippen LogP contribution is 2.23. The summed E-state index contributed by atoms with van der Waals surface area (Å²) >= 11 is 0. The molecular weight excluding hydrogens is 318 g/mol. The summed E-state index contributed by atoms with van der Waals surface area (Å²) < 4.78 is 13.2. The second kappa shape index (κ2) is 6.90. The minimum atomic E-state index is 0.248. The molecule has 7 heteroatoms. The number of anilines is 1. The van der Waals surface area contributed by atoms with E-state index in [1.54, 1.807) is 0 Å². The summed E-state index contributed by atoms with van der Waals surface area (Å²) in [5.74, 6) is 1.01. The van der Waals surface area contributed by atoms with E-state index >= 15 is 0 Å². The first-order chi connectivity index (χ1) is 12.2. The van der Waals surface area contributed by atoms with Gasteiger partial charge >= 0.3 is 0 Å². The number of aromatic nitrogens is 3. The van der Waals surface area contributed by atoms with Crippen LogP contribution in [-0.2, 0) is 15.9 Å². The zero-order chi connectivity index (χ0) is 17.4. The van der Waals surface area contributed by atoms with Gasteiger partial charge < -0.3 is 14.8 Å². The van der Waals surface area contributed by atoms with Gasteiger partial charge in [-0.05, 0) is 20.3 Å². The Bertz CT molecular complexity index is 753. The quantitative estimate of drug-likeness (QED) is 0.904. The zero-order valence-corrected chi connectivity index (χ0v) is 15.3. The maximum absolute atomic E-state index is 5.80. The summed E-state index contributed by atoms with van der Waals surface area (Å²) in [5.41, 5.74) is 4.20. The van der Waals surface area contributed by atoms with E-state index < -0.39 is 0 Å². The van der Waals surface area contributed by atoms with Crippen LogP contribution in [0.4, 0.5) is 5.82 Å². The molecule has 2 aromatic rings. The van der Waals surface area contributed by atoms with Crippen LogP contribution in [-0.4, -0.2) is 71.1 Å². The Kier molecular flexibility index (Phi) is 4.62. The highest BCUT2D eigenvalue weighted by Gasteiger charge is 2.34. The van der Waals surface area contributed by atoms with Crippen molar-refractivity contribution < 1.29 is 9.47 Å². The maximum atomic E-state index is 5.80. The normalized spacial score (nSPS) is 24.9. The van der Waals surface area contributed by atoms with Crippen LogP contribution in [0.3, 0.4) is 0 Å². The van der Waals surface area contributed by atoms with Gasteiger partial charge in [0.2, 0.25) is 0 Å². The molecule has 4 rings (SSSR count). The van der Waals surface area contributed by atoms with E-state index in [4.69, 9.17) is 14.5 Å². The SMILES string of the molecule is CCc1cc(N[C@H]2COC[C@@H]2N2CCOCC2)n2nc(C)c(C)c2n1. The molecule has 2 aliphatic rings. The molecule has 7 nitrogen and oxygen atoms in total. The van der Waals surface area contributed by atoms with Crippen molar-refractivity contribution in [1.82, 2.24) is 19.5 Å². The van der Waals surface area contributed by atoms with Crippen LogP contribution in [0.1, 0.15) is 23.9 Å². The van der Waals surface area contributed by atoms with Crippen molar-refractivity contribution in [3.63, 3.8) is 0 Å². The third-order valence-corrected chi connectivity index (χ3v) is 5.37. The lowest BCUT2D eigenvalue weighted by molar-refractivity contribution is 0.0130. The molecule has 0 bridgehead atoms. The number of ether oxygens (including phenoxy) is 2. The summed E-state index contributed by atoms with van der Waals surface area (Å²) in [7, 11) is 0. The molecule has 1 N–H and O–H groups in total. The van der Waals surface area contributed by atoms with Crippen molar-refractivity contribution in [2.24, 2.45) is 0 Å². The zero-order valence-electron chi connectivity index (χ0n) is 15.3. The number of rotatable bonds is 4. The Hall–Kier alpha value is -1.70. The topological polar surface area (TPSA) is 63.9 Å². The summed E-state index contributed by atoms with van der Waals surface area (Å²) in [4.78, 5) is 7.24. The van der Waals surface area contributed by atoms with Crippen molar-refractivity contribution >= 4 is 11.5 Å². The molecule has 25 heavy (non-hydrogen) atoms. The Balaban J connectivity index is 1.64. The monoisotopic (exact) mass is 345 g/mol. The number of nitrogens with one attached hydrogen (secondary N) is 1. The molecule has 0 spiro atoms. The van der Waals surface area contributed by atoms with Gasteiger partial charge in [0.25, 0.3) is 0 Å². The predicted octanol–water partition coefficient (Wildman–Crippen LogP) is 1.42. The van der Waals surface area contributed by atoms with Crippen LogP contribution in [0.2, 0.25) is 0 Å². The number of morpholine rings is 1. The van der Waals surface area contributed by atoms with E-state index in [1.807, 2.05) is 11.4 Å². The van der Waals surface area contributed by atoms with Crippen LogP contribution >= 0.6 is 0 Å². The Morgan fingerprint density at radius 2 is 2.00 bits per heavy atom. The standard InChI is InChI=1S/C18H27N5O2/c1-4-14-9-17(23-18(19-14)12(2)13(3)21-23)20-15-10-25-11-16(15)22-5-7-24-8-6-22/h9,15-16,20H,4-8,10-11H2,1-3H3/t15-,16-/m0/s1. The van der Waals surface area contributed by atoms with Crippen molar-refractivity contribution in [3.05, 3.63) is 23.0 Å². The highest BCUT2D eigenvalue weighted by atomic mass is 16.5. The summed E-state index contributed by atoms with van der Waals surface area (Å²) in [6, 6.07) is 2.74. The molecule has 4 heterocycles. The van der Waals surface area contributed by atoms with Crippen LogP contribution in [0.25, 0.3) is 5.65 Å². The molecule has 0 aromatic carbocycles. The van der Waals surface area contributed by atoms with Gasteiger partial charge in [-0.3, -0.25) is 4.90 Å². The Morgan fingerprint density at radius 3 is 2.76 bits per heavy atom. The van der Waals surface area contributed by atoms with Crippen molar-refractivity contribution in [3.8, 4) is 0 Å². The third-order valence-electron chi connectivity index (χ3n) is 5.37. The van der Waals surface area contributed by atoms with Crippen molar-refractivity contribution in [1.29, 1.82) is 0 Å². The molecular formula is C18H27N5O2. The summed E-state index contributed by atoms with van der Waals surface area (Å²) in [6.45, 7) is 11.3. The number of aryl methyl sites for hydroxylation is 3. The van der Waals surface area contributed by atoms with Gasteiger partial charge in [-0.15, -0.1) is 0 Å². The molecule has 2 saturated heterocycles. The van der Waals surface area contributed by atoms with Gasteiger partial charge in [0.05, 0.1) is 44.2 Å². The first kappa shape index (κ1) is 16.8. The molecule has 0 saturated carbocycles. The van der Waals surface area contributed by atoms with Gasteiger partial charge in [0, 0.05) is 30.4 Å². The van der Waals surface area contributed by atoms with Crippen molar-refractivity contribution in [2.75, 3.05) is 44.8 Å². The van der Waals surface area contributed by atoms with Crippen molar-refractivity contribution in [2.45, 2.75) is 39.3 Å². The van der Waals surface area contributed by atoms with Gasteiger partial charge in [-0.2, -0.15) is 9.61 Å². The second-order valence-corrected chi connectivity index (χ2v) is 6.94. The molecule has 136 valence electrons. The summed E-state index contributed by atoms with van der Waals surface area (Å²) in [6.07, 6.45) is 0.906. The lowest BCUT2D eigenvalue weighted by atomic mass is 10.1. The van der Waals surface area contributed by atoms with Crippen LogP contribution in [0, 0.1) is 13.8 Å². The second-order valence-electron chi connectivity index (χ2n) is 6.94. The van der Waals surface area contributed by atoms with Crippen LogP contribution in [0.15, 0.2) is 6.07 Å². The first-order valence-corrected chi connectivity index (χ1v) is 9.19. The van der Waals surface area contributed by atoms with E-state index in [-0.39, 0.29) is 6.04 Å². The fraction of sp³-hybridized carbons (Fsp3) is 0.667. The fourth-order valence-corrected chi connectivity index (χ4v) is 3.70. The van der Waals surface area contributed by atoms with Gasteiger partial charge in [0.15, 0.2) is 5.65 Å². The Labute approximate surface area is 148 Å². The molecule has 0 aliphatic carbocycles. The smallest absolute Gasteiger partial charge is 0.160 e. The number of hydrogen-bond acceptors (Lipinski definition) is 6. The van der Waals surface area contributed by atoms with Crippen LogP contribution in [0.5, 0.6) is 0 Å². The number of hydrogen-bond donors (Lipinski definition) is 1. The van der Waals surface area contributed by atoms with Crippen LogP contribution < -0.4 is 5.32 Å². The van der Waals surface area contributed by atoms with Gasteiger partial charge in [-0.1, -0.05) is 6.92 Å². The minimum absolute atomic E-state index is 0.248. The van der Waals surface area contributed by atoms with Gasteiger partial charge in [-0.25, -0.2) is 4.98 Å². The number of fused-ring (bicyclic) bond motifs is 1. The lowest BCUT2D eigenvalue weighted by Crippen LogP contribution is -2.51. The lowest BCUT2D eigenvalue weighted by Gasteiger charge is -2.34. The molecule has 0 unspecified atom stereocenters. The van der Waals surface area contributed by atoms with E-state index in [9.17, 15) is 0 Å². The average Bonchev–Trinajstić information content (AvgIpc) is 3.21. The van der Waals surface area contributed by atoms with E-state index in [0.29, 0.717) is 12.6 Å². The molecule has 2 aromatic heterocycles. The summed E-state index contributed by atoms with van der Waals surface area (Å²) in [5, 5.41) is 8.38. The predicted molar refractivity (Wildman–Crippen MR) is 96.2 cm³/mol. The molecule has 0 amide bonds. The molecule has 2 atom stereocenters. The first-order valence-electron chi connectivity index (χ1n) is 9.19. The minimum Gasteiger partial charge on any atom is -0.379 e. The number of nitrogens with zero attached hydrogens (tertiary/aromatic N) is 4. The molecule has 0 radical (unpaired) electrons. The maximum Gasteiger partial charge on any atom is 0.160 e. The van der Waals surface area contributed by atoms with E-state index in [2.05, 4.69) is 35.2 Å². The largest absolute Gasteiger partial charge is 0.379 e. The van der Waals surface area contributed by atoms with E-state index in [0.717, 1.165) is 67.7 Å². The molecule has 2 fully saturated rings. The highest BCUT2D eigenvalue weighted by molar-refractivity contribution is 5.56. The van der Waals surface area contributed by atoms with Gasteiger partial charge in [0.1, 0.15) is 5.82 Å². The van der Waals surface area contributed by atoms with E-state index in [1.165, 1.54) is 0 Å². The Morgan fingerprint density at radius 1 is 1.20 bits per heavy atom. The third kappa shape index (κ3) is 3.12. The molecule has 2 aliphatic heterocycles. The average molecular weight is 345 g/mol. The fourth-order valence-electron chi connectivity index (χ4n) is 3.70.